The number of rotatable bonds is 3. The molecule has 2 aromatic carbocycles. The highest BCUT2D eigenvalue weighted by atomic mass is 79.9. The van der Waals surface area contributed by atoms with Gasteiger partial charge in [-0.2, -0.15) is 9.52 Å². The van der Waals surface area contributed by atoms with Gasteiger partial charge in [-0.15, -0.1) is 0 Å². The number of sulfonamides is 1. The molecule has 25 heavy (non-hydrogen) atoms. The fraction of sp³-hybridized carbons (Fsp3) is 0.235. The molecule has 0 amide bonds. The summed E-state index contributed by atoms with van der Waals surface area (Å²) in [6, 6.07) is 12.8. The van der Waals surface area contributed by atoms with Gasteiger partial charge in [0.15, 0.2) is 11.5 Å². The van der Waals surface area contributed by atoms with E-state index in [2.05, 4.69) is 21.0 Å². The van der Waals surface area contributed by atoms with Gasteiger partial charge < -0.3 is 9.47 Å². The number of fused-ring (bicyclic) bond motifs is 1. The van der Waals surface area contributed by atoms with Crippen molar-refractivity contribution in [2.24, 2.45) is 5.10 Å². The lowest BCUT2D eigenvalue weighted by molar-refractivity contribution is 0.174. The molecule has 4 rings (SSSR count). The number of ether oxygens (including phenoxy) is 2. The molecule has 1 atom stereocenters. The maximum atomic E-state index is 12.2. The molecular formula is C17H15BrN2O4S. The lowest BCUT2D eigenvalue weighted by Gasteiger charge is -2.21. The van der Waals surface area contributed by atoms with E-state index in [1.54, 1.807) is 6.07 Å². The lowest BCUT2D eigenvalue weighted by atomic mass is 9.99. The second-order valence-corrected chi connectivity index (χ2v) is 8.68. The zero-order valence-electron chi connectivity index (χ0n) is 13.3. The van der Waals surface area contributed by atoms with E-state index in [-0.39, 0.29) is 6.79 Å². The summed E-state index contributed by atoms with van der Waals surface area (Å²) in [5, 5.41) is 4.39. The monoisotopic (exact) mass is 422 g/mol. The largest absolute Gasteiger partial charge is 0.454 e. The number of hydrazone groups is 1. The SMILES string of the molecule is CS(=O)(=O)N1N=C(c2ccc(Br)cc2)C[C@@H]1c1ccc2c(c1)OCO2. The average molecular weight is 423 g/mol. The quantitative estimate of drug-likeness (QED) is 0.760. The molecule has 2 aliphatic heterocycles. The Labute approximate surface area is 154 Å². The van der Waals surface area contributed by atoms with Crippen molar-refractivity contribution in [3.63, 3.8) is 0 Å². The average Bonchev–Trinajstić information content (AvgIpc) is 3.21. The van der Waals surface area contributed by atoms with Crippen LogP contribution in [0.1, 0.15) is 23.6 Å². The Bertz CT molecular complexity index is 957. The van der Waals surface area contributed by atoms with Crippen LogP contribution in [0.2, 0.25) is 0 Å². The van der Waals surface area contributed by atoms with Crippen LogP contribution < -0.4 is 9.47 Å². The van der Waals surface area contributed by atoms with E-state index >= 15 is 0 Å². The van der Waals surface area contributed by atoms with Crippen molar-refractivity contribution >= 4 is 31.7 Å². The summed E-state index contributed by atoms with van der Waals surface area (Å²) in [7, 11) is -3.50. The number of halogens is 1. The first kappa shape index (κ1) is 16.4. The highest BCUT2D eigenvalue weighted by Gasteiger charge is 2.35. The van der Waals surface area contributed by atoms with Gasteiger partial charge in [-0.3, -0.25) is 0 Å². The van der Waals surface area contributed by atoms with Crippen molar-refractivity contribution in [1.29, 1.82) is 0 Å². The normalized spacial score (nSPS) is 19.2. The van der Waals surface area contributed by atoms with E-state index in [0.717, 1.165) is 21.3 Å². The summed E-state index contributed by atoms with van der Waals surface area (Å²) < 4.78 is 37.4. The van der Waals surface area contributed by atoms with Crippen LogP contribution in [0.25, 0.3) is 0 Å². The predicted octanol–water partition coefficient (Wildman–Crippen LogP) is 3.29. The van der Waals surface area contributed by atoms with Crippen LogP contribution in [0.3, 0.4) is 0 Å². The van der Waals surface area contributed by atoms with Crippen LogP contribution in [0.4, 0.5) is 0 Å². The van der Waals surface area contributed by atoms with E-state index in [4.69, 9.17) is 9.47 Å². The van der Waals surface area contributed by atoms with Gasteiger partial charge in [0.2, 0.25) is 16.8 Å². The number of nitrogens with zero attached hydrogens (tertiary/aromatic N) is 2. The molecule has 0 fully saturated rings. The van der Waals surface area contributed by atoms with E-state index in [1.165, 1.54) is 10.7 Å². The topological polar surface area (TPSA) is 68.2 Å². The molecule has 0 saturated heterocycles. The van der Waals surface area contributed by atoms with Crippen molar-refractivity contribution < 1.29 is 17.9 Å². The molecule has 2 aromatic rings. The van der Waals surface area contributed by atoms with E-state index in [0.29, 0.717) is 17.9 Å². The van der Waals surface area contributed by atoms with Crippen molar-refractivity contribution in [3.8, 4) is 11.5 Å². The van der Waals surface area contributed by atoms with Gasteiger partial charge in [-0.1, -0.05) is 34.1 Å². The van der Waals surface area contributed by atoms with Gasteiger partial charge in [-0.25, -0.2) is 8.42 Å². The third-order valence-electron chi connectivity index (χ3n) is 4.17. The van der Waals surface area contributed by atoms with Crippen LogP contribution in [0.15, 0.2) is 52.0 Å². The third kappa shape index (κ3) is 3.11. The van der Waals surface area contributed by atoms with Gasteiger partial charge in [0, 0.05) is 10.9 Å². The first-order valence-electron chi connectivity index (χ1n) is 7.64. The highest BCUT2D eigenvalue weighted by Crippen LogP contribution is 2.40. The Balaban J connectivity index is 1.72. The van der Waals surface area contributed by atoms with Crippen LogP contribution in [-0.4, -0.2) is 31.6 Å². The Morgan fingerprint density at radius 3 is 2.56 bits per heavy atom. The molecule has 0 aromatic heterocycles. The predicted molar refractivity (Wildman–Crippen MR) is 97.3 cm³/mol. The van der Waals surface area contributed by atoms with Crippen LogP contribution >= 0.6 is 15.9 Å². The summed E-state index contributed by atoms with van der Waals surface area (Å²) in [5.41, 5.74) is 2.46. The Morgan fingerprint density at radius 2 is 1.84 bits per heavy atom. The fourth-order valence-corrected chi connectivity index (χ4v) is 4.15. The molecule has 0 bridgehead atoms. The minimum absolute atomic E-state index is 0.180. The van der Waals surface area contributed by atoms with Gasteiger partial charge >= 0.3 is 0 Å². The van der Waals surface area contributed by atoms with Gasteiger partial charge in [-0.05, 0) is 35.4 Å². The first-order chi connectivity index (χ1) is 11.9. The summed E-state index contributed by atoms with van der Waals surface area (Å²) in [5.74, 6) is 1.30. The summed E-state index contributed by atoms with van der Waals surface area (Å²) in [6.45, 7) is 0.180. The smallest absolute Gasteiger partial charge is 0.247 e. The Kier molecular flexibility index (Phi) is 3.96. The van der Waals surface area contributed by atoms with Crippen LogP contribution in [0, 0.1) is 0 Å². The molecule has 8 heteroatoms. The zero-order valence-corrected chi connectivity index (χ0v) is 15.7. The molecular weight excluding hydrogens is 408 g/mol. The Hall–Kier alpha value is -2.06. The van der Waals surface area contributed by atoms with E-state index in [9.17, 15) is 8.42 Å². The number of hydrogen-bond acceptors (Lipinski definition) is 5. The number of hydrogen-bond donors (Lipinski definition) is 0. The minimum atomic E-state index is -3.50. The standard InChI is InChI=1S/C17H15BrN2O4S/c1-25(21,22)20-15(12-4-7-16-17(8-12)24-10-23-16)9-14(19-20)11-2-5-13(18)6-3-11/h2-8,15H,9-10H2,1H3/t15-/m1/s1. The van der Waals surface area contributed by atoms with E-state index < -0.39 is 16.1 Å². The minimum Gasteiger partial charge on any atom is -0.454 e. The fourth-order valence-electron chi connectivity index (χ4n) is 2.98. The zero-order chi connectivity index (χ0) is 17.6. The van der Waals surface area contributed by atoms with Crippen molar-refractivity contribution in [2.75, 3.05) is 13.0 Å². The van der Waals surface area contributed by atoms with Crippen LogP contribution in [-0.2, 0) is 10.0 Å². The summed E-state index contributed by atoms with van der Waals surface area (Å²) >= 11 is 3.40. The second kappa shape index (κ2) is 6.03. The van der Waals surface area contributed by atoms with Crippen molar-refractivity contribution in [1.82, 2.24) is 4.41 Å². The molecule has 130 valence electrons. The molecule has 0 spiro atoms. The molecule has 0 radical (unpaired) electrons. The number of benzene rings is 2. The summed E-state index contributed by atoms with van der Waals surface area (Å²) in [4.78, 5) is 0. The van der Waals surface area contributed by atoms with Crippen LogP contribution in [0.5, 0.6) is 11.5 Å². The molecule has 0 unspecified atom stereocenters. The maximum Gasteiger partial charge on any atom is 0.247 e. The molecule has 0 saturated carbocycles. The molecule has 6 nitrogen and oxygen atoms in total. The first-order valence-corrected chi connectivity index (χ1v) is 10.3. The second-order valence-electron chi connectivity index (χ2n) is 5.92. The van der Waals surface area contributed by atoms with E-state index in [1.807, 2.05) is 36.4 Å². The highest BCUT2D eigenvalue weighted by molar-refractivity contribution is 9.10. The van der Waals surface area contributed by atoms with Crippen molar-refractivity contribution in [2.45, 2.75) is 12.5 Å². The molecule has 2 aliphatic rings. The van der Waals surface area contributed by atoms with Crippen molar-refractivity contribution in [3.05, 3.63) is 58.1 Å². The molecule has 0 N–H and O–H groups in total. The third-order valence-corrected chi connectivity index (χ3v) is 5.72. The molecule has 2 heterocycles. The summed E-state index contributed by atoms with van der Waals surface area (Å²) in [6.07, 6.45) is 1.66. The Morgan fingerprint density at radius 1 is 1.12 bits per heavy atom. The maximum absolute atomic E-state index is 12.2. The lowest BCUT2D eigenvalue weighted by Crippen LogP contribution is -2.25. The molecule has 0 aliphatic carbocycles. The van der Waals surface area contributed by atoms with Gasteiger partial charge in [0.1, 0.15) is 0 Å². The van der Waals surface area contributed by atoms with Gasteiger partial charge in [0.25, 0.3) is 0 Å². The van der Waals surface area contributed by atoms with Gasteiger partial charge in [0.05, 0.1) is 18.0 Å².